The Hall–Kier alpha value is -1.63. The van der Waals surface area contributed by atoms with Gasteiger partial charge in [0.2, 0.25) is 0 Å². The highest BCUT2D eigenvalue weighted by atomic mass is 35.5. The smallest absolute Gasteiger partial charge is 0.253 e. The lowest BCUT2D eigenvalue weighted by molar-refractivity contribution is 0.0621. The third-order valence-corrected chi connectivity index (χ3v) is 6.22. The van der Waals surface area contributed by atoms with Gasteiger partial charge in [0.15, 0.2) is 11.5 Å². The fourth-order valence-electron chi connectivity index (χ4n) is 4.64. The van der Waals surface area contributed by atoms with E-state index in [4.69, 9.17) is 14.1 Å². The van der Waals surface area contributed by atoms with E-state index in [0.717, 1.165) is 38.5 Å². The first-order valence-corrected chi connectivity index (χ1v) is 9.78. The molecule has 4 aliphatic rings. The SMILES string of the molecule is Cl.O=C(NC1CN2CCC1CC2)c1cccc2oc(C3CCOCC3)nc12. The van der Waals surface area contributed by atoms with Crippen LogP contribution in [-0.4, -0.2) is 54.7 Å². The molecule has 6 rings (SSSR count). The quantitative estimate of drug-likeness (QED) is 0.871. The van der Waals surface area contributed by atoms with Gasteiger partial charge in [0.05, 0.1) is 5.56 Å². The van der Waals surface area contributed by atoms with Crippen LogP contribution in [0, 0.1) is 5.92 Å². The number of piperidine rings is 3. The Bertz CT molecular complexity index is 810. The van der Waals surface area contributed by atoms with Crippen molar-refractivity contribution in [1.82, 2.24) is 15.2 Å². The summed E-state index contributed by atoms with van der Waals surface area (Å²) < 4.78 is 11.4. The molecule has 7 heteroatoms. The van der Waals surface area contributed by atoms with Crippen molar-refractivity contribution in [3.05, 3.63) is 29.7 Å². The molecule has 1 atom stereocenters. The van der Waals surface area contributed by atoms with Crippen molar-refractivity contribution in [2.75, 3.05) is 32.8 Å². The van der Waals surface area contributed by atoms with Gasteiger partial charge in [-0.1, -0.05) is 6.07 Å². The van der Waals surface area contributed by atoms with Gasteiger partial charge in [-0.05, 0) is 56.8 Å². The largest absolute Gasteiger partial charge is 0.440 e. The van der Waals surface area contributed by atoms with Crippen molar-refractivity contribution in [2.24, 2.45) is 5.92 Å². The summed E-state index contributed by atoms with van der Waals surface area (Å²) >= 11 is 0. The molecule has 2 bridgehead atoms. The van der Waals surface area contributed by atoms with Crippen LogP contribution in [0.25, 0.3) is 11.1 Å². The first kappa shape index (κ1) is 18.7. The molecule has 1 amide bonds. The van der Waals surface area contributed by atoms with Gasteiger partial charge in [0, 0.05) is 31.7 Å². The Morgan fingerprint density at radius 1 is 1.15 bits per heavy atom. The van der Waals surface area contributed by atoms with Crippen LogP contribution in [0.3, 0.4) is 0 Å². The van der Waals surface area contributed by atoms with Gasteiger partial charge >= 0.3 is 0 Å². The third kappa shape index (κ3) is 3.58. The van der Waals surface area contributed by atoms with Crippen LogP contribution in [0.2, 0.25) is 0 Å². The van der Waals surface area contributed by atoms with Crippen LogP contribution >= 0.6 is 12.4 Å². The lowest BCUT2D eigenvalue weighted by Gasteiger charge is -2.44. The van der Waals surface area contributed by atoms with E-state index >= 15 is 0 Å². The summed E-state index contributed by atoms with van der Waals surface area (Å²) in [5.41, 5.74) is 2.02. The highest BCUT2D eigenvalue weighted by molar-refractivity contribution is 6.04. The lowest BCUT2D eigenvalue weighted by atomic mass is 9.84. The van der Waals surface area contributed by atoms with Crippen LogP contribution in [0.4, 0.5) is 0 Å². The van der Waals surface area contributed by atoms with E-state index in [2.05, 4.69) is 10.2 Å². The number of carbonyl (C=O) groups is 1. The topological polar surface area (TPSA) is 67.6 Å². The first-order valence-electron chi connectivity index (χ1n) is 9.78. The van der Waals surface area contributed by atoms with Crippen molar-refractivity contribution in [1.29, 1.82) is 0 Å². The number of hydrogen-bond acceptors (Lipinski definition) is 5. The number of nitrogens with one attached hydrogen (secondary N) is 1. The molecule has 1 N–H and O–H groups in total. The molecule has 1 aromatic heterocycles. The molecule has 2 aromatic rings. The summed E-state index contributed by atoms with van der Waals surface area (Å²) in [5.74, 6) is 1.61. The van der Waals surface area contributed by atoms with Crippen LogP contribution in [0.1, 0.15) is 47.8 Å². The lowest BCUT2D eigenvalue weighted by Crippen LogP contribution is -2.57. The number of amides is 1. The Labute approximate surface area is 165 Å². The maximum atomic E-state index is 13.0. The summed E-state index contributed by atoms with van der Waals surface area (Å²) in [4.78, 5) is 20.1. The molecule has 27 heavy (non-hydrogen) atoms. The third-order valence-electron chi connectivity index (χ3n) is 6.22. The molecule has 6 nitrogen and oxygen atoms in total. The number of nitrogens with zero attached hydrogens (tertiary/aromatic N) is 2. The standard InChI is InChI=1S/C20H25N3O3.ClH/c24-19(21-16-12-23-8-4-13(16)5-9-23)15-2-1-3-17-18(15)22-20(26-17)14-6-10-25-11-7-14;/h1-3,13-14,16H,4-12H2,(H,21,24);1H. The Morgan fingerprint density at radius 2 is 1.93 bits per heavy atom. The number of aromatic nitrogens is 1. The fraction of sp³-hybridized carbons (Fsp3) is 0.600. The van der Waals surface area contributed by atoms with Crippen LogP contribution in [0.15, 0.2) is 22.6 Å². The van der Waals surface area contributed by atoms with E-state index in [-0.39, 0.29) is 30.3 Å². The van der Waals surface area contributed by atoms with Crippen molar-refractivity contribution < 1.29 is 13.9 Å². The van der Waals surface area contributed by atoms with E-state index < -0.39 is 0 Å². The zero-order valence-electron chi connectivity index (χ0n) is 15.4. The van der Waals surface area contributed by atoms with E-state index in [1.807, 2.05) is 18.2 Å². The molecule has 1 unspecified atom stereocenters. The number of carbonyl (C=O) groups excluding carboxylic acids is 1. The molecule has 4 fully saturated rings. The molecule has 4 saturated heterocycles. The molecular formula is C20H26ClN3O3. The Kier molecular flexibility index (Phi) is 5.39. The summed E-state index contributed by atoms with van der Waals surface area (Å²) in [7, 11) is 0. The zero-order chi connectivity index (χ0) is 17.5. The minimum absolute atomic E-state index is 0. The van der Waals surface area contributed by atoms with Crippen LogP contribution in [-0.2, 0) is 4.74 Å². The van der Waals surface area contributed by atoms with Gasteiger partial charge in [-0.3, -0.25) is 4.79 Å². The summed E-state index contributed by atoms with van der Waals surface area (Å²) in [6.45, 7) is 4.81. The van der Waals surface area contributed by atoms with Crippen LogP contribution in [0.5, 0.6) is 0 Å². The number of benzene rings is 1. The summed E-state index contributed by atoms with van der Waals surface area (Å²) in [6.07, 6.45) is 4.22. The predicted molar refractivity (Wildman–Crippen MR) is 104 cm³/mol. The minimum atomic E-state index is -0.0267. The van der Waals surface area contributed by atoms with E-state index in [1.165, 1.54) is 25.9 Å². The molecule has 0 radical (unpaired) electrons. The number of rotatable bonds is 3. The highest BCUT2D eigenvalue weighted by Crippen LogP contribution is 2.31. The van der Waals surface area contributed by atoms with E-state index in [9.17, 15) is 4.79 Å². The predicted octanol–water partition coefficient (Wildman–Crippen LogP) is 2.97. The van der Waals surface area contributed by atoms with Gasteiger partial charge in [-0.2, -0.15) is 0 Å². The maximum absolute atomic E-state index is 13.0. The second kappa shape index (κ2) is 7.78. The molecular weight excluding hydrogens is 366 g/mol. The van der Waals surface area contributed by atoms with Gasteiger partial charge < -0.3 is 19.4 Å². The first-order chi connectivity index (χ1) is 12.8. The molecule has 0 saturated carbocycles. The maximum Gasteiger partial charge on any atom is 0.253 e. The molecule has 5 heterocycles. The second-order valence-corrected chi connectivity index (χ2v) is 7.81. The Morgan fingerprint density at radius 3 is 2.63 bits per heavy atom. The van der Waals surface area contributed by atoms with Gasteiger partial charge in [-0.25, -0.2) is 4.98 Å². The fourth-order valence-corrected chi connectivity index (χ4v) is 4.64. The van der Waals surface area contributed by atoms with Crippen molar-refractivity contribution in [3.63, 3.8) is 0 Å². The molecule has 1 aromatic carbocycles. The minimum Gasteiger partial charge on any atom is -0.440 e. The molecule has 0 aliphatic carbocycles. The zero-order valence-corrected chi connectivity index (χ0v) is 16.2. The Balaban J connectivity index is 0.00000180. The average molecular weight is 392 g/mol. The normalized spacial score (nSPS) is 28.1. The second-order valence-electron chi connectivity index (χ2n) is 7.81. The van der Waals surface area contributed by atoms with Crippen molar-refractivity contribution >= 4 is 29.4 Å². The number of halogens is 1. The highest BCUT2D eigenvalue weighted by Gasteiger charge is 2.35. The number of para-hydroxylation sites is 1. The number of oxazole rings is 1. The van der Waals surface area contributed by atoms with E-state index in [1.54, 1.807) is 0 Å². The molecule has 0 spiro atoms. The van der Waals surface area contributed by atoms with Crippen molar-refractivity contribution in [3.8, 4) is 0 Å². The number of ether oxygens (including phenoxy) is 1. The van der Waals surface area contributed by atoms with Gasteiger partial charge in [0.25, 0.3) is 5.91 Å². The van der Waals surface area contributed by atoms with Gasteiger partial charge in [0.1, 0.15) is 5.52 Å². The molecule has 4 aliphatic heterocycles. The van der Waals surface area contributed by atoms with Crippen LogP contribution < -0.4 is 5.32 Å². The summed E-state index contributed by atoms with van der Waals surface area (Å²) in [5, 5.41) is 3.27. The van der Waals surface area contributed by atoms with Crippen molar-refractivity contribution in [2.45, 2.75) is 37.6 Å². The monoisotopic (exact) mass is 391 g/mol. The summed E-state index contributed by atoms with van der Waals surface area (Å²) in [6, 6.07) is 5.89. The molecule has 146 valence electrons. The number of fused-ring (bicyclic) bond motifs is 4. The number of hydrogen-bond donors (Lipinski definition) is 1. The average Bonchev–Trinajstić information content (AvgIpc) is 3.14. The van der Waals surface area contributed by atoms with Gasteiger partial charge in [-0.15, -0.1) is 12.4 Å². The van der Waals surface area contributed by atoms with E-state index in [0.29, 0.717) is 22.6 Å².